The highest BCUT2D eigenvalue weighted by atomic mass is 19.2. The molecule has 0 radical (unpaired) electrons. The van der Waals surface area contributed by atoms with Crippen molar-refractivity contribution in [1.29, 1.82) is 0 Å². The van der Waals surface area contributed by atoms with Crippen LogP contribution in [0.1, 0.15) is 36.9 Å². The van der Waals surface area contributed by atoms with Crippen LogP contribution in [-0.2, 0) is 13.0 Å². The van der Waals surface area contributed by atoms with E-state index in [1.54, 1.807) is 24.3 Å². The van der Waals surface area contributed by atoms with Crippen molar-refractivity contribution >= 4 is 17.6 Å². The molecule has 0 aliphatic carbocycles. The van der Waals surface area contributed by atoms with Crippen LogP contribution in [-0.4, -0.2) is 49.2 Å². The first kappa shape index (κ1) is 18.5. The number of hydrogen-bond acceptors (Lipinski definition) is 6. The Hall–Kier alpha value is -3.82. The van der Waals surface area contributed by atoms with Gasteiger partial charge >= 0.3 is 0 Å². The summed E-state index contributed by atoms with van der Waals surface area (Å²) in [4.78, 5) is 38.9. The zero-order valence-electron chi connectivity index (χ0n) is 14.9. The van der Waals surface area contributed by atoms with Gasteiger partial charge in [-0.3, -0.25) is 19.3 Å². The lowest BCUT2D eigenvalue weighted by Crippen LogP contribution is -2.32. The second-order valence-corrected chi connectivity index (χ2v) is 6.35. The molecule has 8 nitrogen and oxygen atoms in total. The molecule has 0 N–H and O–H groups in total. The summed E-state index contributed by atoms with van der Waals surface area (Å²) in [5.41, 5.74) is 0.686. The maximum absolute atomic E-state index is 13.3. The molecule has 0 saturated heterocycles. The van der Waals surface area contributed by atoms with E-state index in [1.807, 2.05) is 0 Å². The quantitative estimate of drug-likeness (QED) is 0.464. The number of fused-ring (bicyclic) bond motifs is 1. The Morgan fingerprint density at radius 3 is 2.31 bits per heavy atom. The molecule has 2 aromatic carbocycles. The minimum atomic E-state index is -1.12. The second kappa shape index (κ2) is 7.30. The molecule has 0 atom stereocenters. The molecule has 4 rings (SSSR count). The van der Waals surface area contributed by atoms with Crippen LogP contribution in [0.2, 0.25) is 0 Å². The van der Waals surface area contributed by atoms with E-state index in [1.165, 1.54) is 6.07 Å². The molecule has 1 aromatic heterocycles. The molecule has 0 unspecified atom stereocenters. The lowest BCUT2D eigenvalue weighted by molar-refractivity contribution is 0.0655. The van der Waals surface area contributed by atoms with Crippen LogP contribution >= 0.6 is 0 Å². The number of amides is 2. The molecule has 1 aliphatic rings. The number of nitrogens with zero attached hydrogens (tertiary/aromatic N) is 5. The van der Waals surface area contributed by atoms with Gasteiger partial charge in [-0.15, -0.1) is 10.2 Å². The van der Waals surface area contributed by atoms with Gasteiger partial charge in [0.25, 0.3) is 11.8 Å². The van der Waals surface area contributed by atoms with Gasteiger partial charge in [-0.25, -0.2) is 8.78 Å². The van der Waals surface area contributed by atoms with Crippen molar-refractivity contribution in [2.24, 2.45) is 0 Å². The molecular formula is C19H13F2N5O3. The summed E-state index contributed by atoms with van der Waals surface area (Å²) >= 11 is 0. The van der Waals surface area contributed by atoms with Gasteiger partial charge < -0.3 is 0 Å². The van der Waals surface area contributed by atoms with E-state index in [9.17, 15) is 23.2 Å². The number of carbonyl (C=O) groups is 3. The fourth-order valence-corrected chi connectivity index (χ4v) is 2.99. The molecule has 0 bridgehead atoms. The van der Waals surface area contributed by atoms with Gasteiger partial charge in [0.15, 0.2) is 23.2 Å². The molecule has 29 heavy (non-hydrogen) atoms. The Morgan fingerprint density at radius 2 is 1.66 bits per heavy atom. The van der Waals surface area contributed by atoms with Gasteiger partial charge in [-0.2, -0.15) is 4.80 Å². The average Bonchev–Trinajstić information content (AvgIpc) is 3.25. The highest BCUT2D eigenvalue weighted by Crippen LogP contribution is 2.22. The Labute approximate surface area is 162 Å². The predicted octanol–water partition coefficient (Wildman–Crippen LogP) is 1.67. The first-order chi connectivity index (χ1) is 13.9. The number of benzene rings is 2. The lowest BCUT2D eigenvalue weighted by Gasteiger charge is -2.11. The van der Waals surface area contributed by atoms with Gasteiger partial charge in [-0.1, -0.05) is 12.1 Å². The number of hydrogen-bond donors (Lipinski definition) is 0. The molecular weight excluding hydrogens is 384 g/mol. The van der Waals surface area contributed by atoms with Crippen LogP contribution in [0, 0.1) is 11.6 Å². The van der Waals surface area contributed by atoms with Crippen molar-refractivity contribution < 1.29 is 23.2 Å². The van der Waals surface area contributed by atoms with Crippen molar-refractivity contribution in [3.8, 4) is 0 Å². The molecule has 146 valence electrons. The lowest BCUT2D eigenvalue weighted by atomic mass is 10.1. The number of imide groups is 1. The standard InChI is InChI=1S/C19H13F2N5O3/c20-14-6-5-11(9-15(14)21)16(27)10-26-23-17(22-24-26)7-8-25-18(28)12-3-1-2-4-13(12)19(25)29/h1-6,9H,7-8,10H2. The fourth-order valence-electron chi connectivity index (χ4n) is 2.99. The summed E-state index contributed by atoms with van der Waals surface area (Å²) in [6.07, 6.45) is 0.158. The summed E-state index contributed by atoms with van der Waals surface area (Å²) in [7, 11) is 0. The van der Waals surface area contributed by atoms with Crippen LogP contribution in [0.5, 0.6) is 0 Å². The Morgan fingerprint density at radius 1 is 0.966 bits per heavy atom. The van der Waals surface area contributed by atoms with Gasteiger partial charge in [0.05, 0.1) is 11.1 Å². The van der Waals surface area contributed by atoms with E-state index in [-0.39, 0.29) is 42.7 Å². The maximum Gasteiger partial charge on any atom is 0.261 e. The van der Waals surface area contributed by atoms with E-state index < -0.39 is 17.4 Å². The van der Waals surface area contributed by atoms with Crippen molar-refractivity contribution in [2.45, 2.75) is 13.0 Å². The highest BCUT2D eigenvalue weighted by molar-refractivity contribution is 6.21. The fraction of sp³-hybridized carbons (Fsp3) is 0.158. The summed E-state index contributed by atoms with van der Waals surface area (Å²) in [6, 6.07) is 9.39. The summed E-state index contributed by atoms with van der Waals surface area (Å²) in [5, 5.41) is 11.6. The van der Waals surface area contributed by atoms with E-state index >= 15 is 0 Å². The third-order valence-electron chi connectivity index (χ3n) is 4.46. The molecule has 2 amide bonds. The monoisotopic (exact) mass is 397 g/mol. The first-order valence-electron chi connectivity index (χ1n) is 8.64. The number of carbonyl (C=O) groups excluding carboxylic acids is 3. The molecule has 0 saturated carbocycles. The van der Waals surface area contributed by atoms with Crippen LogP contribution in [0.25, 0.3) is 0 Å². The summed E-state index contributed by atoms with van der Waals surface area (Å²) in [6.45, 7) is -0.250. The SMILES string of the molecule is O=C(Cn1nnc(CCN2C(=O)c3ccccc3C2=O)n1)c1ccc(F)c(F)c1. The largest absolute Gasteiger partial charge is 0.292 e. The summed E-state index contributed by atoms with van der Waals surface area (Å²) in [5.74, 6) is -3.22. The van der Waals surface area contributed by atoms with Gasteiger partial charge in [0, 0.05) is 18.5 Å². The van der Waals surface area contributed by atoms with E-state index in [0.29, 0.717) is 11.1 Å². The van der Waals surface area contributed by atoms with Gasteiger partial charge in [-0.05, 0) is 35.5 Å². The van der Waals surface area contributed by atoms with Crippen LogP contribution in [0.3, 0.4) is 0 Å². The van der Waals surface area contributed by atoms with Crippen molar-refractivity contribution in [3.63, 3.8) is 0 Å². The van der Waals surface area contributed by atoms with Crippen LogP contribution in [0.15, 0.2) is 42.5 Å². The van der Waals surface area contributed by atoms with E-state index in [2.05, 4.69) is 15.4 Å². The molecule has 1 aliphatic heterocycles. The van der Waals surface area contributed by atoms with E-state index in [0.717, 1.165) is 21.8 Å². The molecule has 2 heterocycles. The smallest absolute Gasteiger partial charge is 0.261 e. The zero-order chi connectivity index (χ0) is 20.5. The third kappa shape index (κ3) is 3.51. The molecule has 3 aromatic rings. The topological polar surface area (TPSA) is 98.0 Å². The minimum Gasteiger partial charge on any atom is -0.292 e. The number of ketones is 1. The van der Waals surface area contributed by atoms with Crippen molar-refractivity contribution in [2.75, 3.05) is 6.54 Å². The normalized spacial score (nSPS) is 13.1. The Kier molecular flexibility index (Phi) is 4.67. The van der Waals surface area contributed by atoms with Gasteiger partial charge in [0.1, 0.15) is 6.54 Å². The number of aromatic nitrogens is 4. The number of rotatable bonds is 6. The molecule has 10 heteroatoms. The Bertz CT molecular complexity index is 1110. The van der Waals surface area contributed by atoms with Crippen molar-refractivity contribution in [1.82, 2.24) is 25.1 Å². The first-order valence-corrected chi connectivity index (χ1v) is 8.64. The molecule has 0 spiro atoms. The van der Waals surface area contributed by atoms with Crippen LogP contribution in [0.4, 0.5) is 8.78 Å². The average molecular weight is 397 g/mol. The minimum absolute atomic E-state index is 0.0197. The predicted molar refractivity (Wildman–Crippen MR) is 94.0 cm³/mol. The number of Topliss-reactive ketones (excluding diaryl/α,β-unsaturated/α-hetero) is 1. The molecule has 0 fully saturated rings. The third-order valence-corrected chi connectivity index (χ3v) is 4.46. The second-order valence-electron chi connectivity index (χ2n) is 6.35. The Balaban J connectivity index is 1.39. The maximum atomic E-state index is 13.3. The number of tetrazole rings is 1. The van der Waals surface area contributed by atoms with Crippen LogP contribution < -0.4 is 0 Å². The van der Waals surface area contributed by atoms with Crippen molar-refractivity contribution in [3.05, 3.63) is 76.6 Å². The highest BCUT2D eigenvalue weighted by Gasteiger charge is 2.34. The van der Waals surface area contributed by atoms with Gasteiger partial charge in [0.2, 0.25) is 0 Å². The summed E-state index contributed by atoms with van der Waals surface area (Å²) < 4.78 is 26.2. The van der Waals surface area contributed by atoms with E-state index in [4.69, 9.17) is 0 Å². The number of halogens is 2. The zero-order valence-corrected chi connectivity index (χ0v) is 14.9.